The van der Waals surface area contributed by atoms with Crippen molar-refractivity contribution in [1.29, 1.82) is 0 Å². The van der Waals surface area contributed by atoms with Crippen molar-refractivity contribution in [1.82, 2.24) is 0 Å². The summed E-state index contributed by atoms with van der Waals surface area (Å²) >= 11 is 0. The second-order valence-electron chi connectivity index (χ2n) is 6.38. The number of carbonyl (C=O) groups excluding carboxylic acids is 1. The standard InChI is InChI=1S/C17H24O3/c1-11-7-8-12(15(20-6)14(11)19-5)17(4)10-9-13(18)16(17,2)3/h7-8H,9-10H2,1-6H3/t17-/m1/s1. The Bertz CT molecular complexity index is 545. The van der Waals surface area contributed by atoms with Crippen molar-refractivity contribution in [2.24, 2.45) is 5.41 Å². The van der Waals surface area contributed by atoms with Gasteiger partial charge in [-0.1, -0.05) is 32.9 Å². The fraction of sp³-hybridized carbons (Fsp3) is 0.588. The third-order valence-corrected chi connectivity index (χ3v) is 5.24. The number of hydrogen-bond donors (Lipinski definition) is 0. The summed E-state index contributed by atoms with van der Waals surface area (Å²) in [5.74, 6) is 1.85. The molecular formula is C17H24O3. The van der Waals surface area contributed by atoms with Crippen molar-refractivity contribution in [3.05, 3.63) is 23.3 Å². The summed E-state index contributed by atoms with van der Waals surface area (Å²) < 4.78 is 11.1. The van der Waals surface area contributed by atoms with Crippen LogP contribution in [0.15, 0.2) is 12.1 Å². The van der Waals surface area contributed by atoms with Gasteiger partial charge in [0.1, 0.15) is 5.78 Å². The van der Waals surface area contributed by atoms with E-state index in [1.807, 2.05) is 26.8 Å². The number of methoxy groups -OCH3 is 2. The van der Waals surface area contributed by atoms with Crippen LogP contribution in [0.5, 0.6) is 11.5 Å². The molecule has 0 heterocycles. The maximum atomic E-state index is 12.2. The van der Waals surface area contributed by atoms with Gasteiger partial charge in [-0.3, -0.25) is 4.79 Å². The van der Waals surface area contributed by atoms with Crippen molar-refractivity contribution >= 4 is 5.78 Å². The van der Waals surface area contributed by atoms with Gasteiger partial charge in [-0.05, 0) is 18.9 Å². The summed E-state index contributed by atoms with van der Waals surface area (Å²) in [6, 6.07) is 4.12. The second-order valence-corrected chi connectivity index (χ2v) is 6.38. The van der Waals surface area contributed by atoms with E-state index in [0.717, 1.165) is 29.0 Å². The number of ether oxygens (including phenoxy) is 2. The van der Waals surface area contributed by atoms with Gasteiger partial charge in [0, 0.05) is 22.8 Å². The Kier molecular flexibility index (Phi) is 3.57. The molecular weight excluding hydrogens is 252 g/mol. The lowest BCUT2D eigenvalue weighted by molar-refractivity contribution is -0.125. The summed E-state index contributed by atoms with van der Waals surface area (Å²) in [6.45, 7) is 8.23. The molecule has 0 aliphatic heterocycles. The minimum Gasteiger partial charge on any atom is -0.493 e. The average Bonchev–Trinajstić information content (AvgIpc) is 2.62. The van der Waals surface area contributed by atoms with Gasteiger partial charge in [0.2, 0.25) is 0 Å². The van der Waals surface area contributed by atoms with Crippen LogP contribution in [0, 0.1) is 12.3 Å². The van der Waals surface area contributed by atoms with Crippen molar-refractivity contribution in [2.45, 2.75) is 46.0 Å². The molecule has 0 spiro atoms. The Morgan fingerprint density at radius 3 is 2.10 bits per heavy atom. The van der Waals surface area contributed by atoms with E-state index in [2.05, 4.69) is 13.0 Å². The molecule has 0 radical (unpaired) electrons. The first-order valence-electron chi connectivity index (χ1n) is 7.05. The number of Topliss-reactive ketones (excluding diaryl/α,β-unsaturated/α-hetero) is 1. The van der Waals surface area contributed by atoms with Crippen LogP contribution in [-0.2, 0) is 10.2 Å². The number of carbonyl (C=O) groups is 1. The summed E-state index contributed by atoms with van der Waals surface area (Å²) in [4.78, 5) is 12.2. The van der Waals surface area contributed by atoms with Gasteiger partial charge in [-0.25, -0.2) is 0 Å². The molecule has 20 heavy (non-hydrogen) atoms. The Labute approximate surface area is 121 Å². The van der Waals surface area contributed by atoms with Crippen molar-refractivity contribution in [2.75, 3.05) is 14.2 Å². The van der Waals surface area contributed by atoms with E-state index in [9.17, 15) is 4.79 Å². The minimum atomic E-state index is -0.388. The molecule has 3 heteroatoms. The summed E-state index contributed by atoms with van der Waals surface area (Å²) in [5, 5.41) is 0. The monoisotopic (exact) mass is 276 g/mol. The van der Waals surface area contributed by atoms with Crippen LogP contribution in [0.4, 0.5) is 0 Å². The van der Waals surface area contributed by atoms with Gasteiger partial charge >= 0.3 is 0 Å². The van der Waals surface area contributed by atoms with Gasteiger partial charge in [-0.15, -0.1) is 0 Å². The van der Waals surface area contributed by atoms with Crippen LogP contribution in [0.1, 0.15) is 44.7 Å². The van der Waals surface area contributed by atoms with Crippen LogP contribution in [0.2, 0.25) is 0 Å². The van der Waals surface area contributed by atoms with Gasteiger partial charge in [0.05, 0.1) is 14.2 Å². The lowest BCUT2D eigenvalue weighted by Gasteiger charge is -2.38. The molecule has 1 aromatic carbocycles. The zero-order valence-electron chi connectivity index (χ0n) is 13.3. The van der Waals surface area contributed by atoms with Crippen molar-refractivity contribution in [3.8, 4) is 11.5 Å². The number of hydrogen-bond acceptors (Lipinski definition) is 3. The zero-order chi connectivity index (χ0) is 15.1. The lowest BCUT2D eigenvalue weighted by Crippen LogP contribution is -2.38. The molecule has 110 valence electrons. The maximum absolute atomic E-state index is 12.2. The first kappa shape index (κ1) is 14.9. The molecule has 0 saturated heterocycles. The maximum Gasteiger partial charge on any atom is 0.164 e. The van der Waals surface area contributed by atoms with Crippen LogP contribution in [0.3, 0.4) is 0 Å². The molecule has 1 aliphatic carbocycles. The first-order valence-corrected chi connectivity index (χ1v) is 7.05. The normalized spacial score (nSPS) is 24.8. The number of aryl methyl sites for hydroxylation is 1. The SMILES string of the molecule is COc1c(C)ccc([C@@]2(C)CCC(=O)C2(C)C)c1OC. The molecule has 0 bridgehead atoms. The molecule has 0 N–H and O–H groups in total. The molecule has 3 nitrogen and oxygen atoms in total. The van der Waals surface area contributed by atoms with Crippen LogP contribution < -0.4 is 9.47 Å². The summed E-state index contributed by atoms with van der Waals surface area (Å²) in [7, 11) is 3.32. The molecule has 1 fully saturated rings. The zero-order valence-corrected chi connectivity index (χ0v) is 13.3. The molecule has 2 rings (SSSR count). The highest BCUT2D eigenvalue weighted by atomic mass is 16.5. The van der Waals surface area contributed by atoms with Gasteiger partial charge in [0.15, 0.2) is 11.5 Å². The topological polar surface area (TPSA) is 35.5 Å². The van der Waals surface area contributed by atoms with Crippen molar-refractivity contribution in [3.63, 3.8) is 0 Å². The Hall–Kier alpha value is -1.51. The second kappa shape index (κ2) is 4.80. The fourth-order valence-corrected chi connectivity index (χ4v) is 3.32. The smallest absolute Gasteiger partial charge is 0.164 e. The summed E-state index contributed by atoms with van der Waals surface area (Å²) in [5.41, 5.74) is 1.49. The Balaban J connectivity index is 2.67. The van der Waals surface area contributed by atoms with Gasteiger partial charge in [0.25, 0.3) is 0 Å². The average molecular weight is 276 g/mol. The summed E-state index contributed by atoms with van der Waals surface area (Å²) in [6.07, 6.45) is 1.48. The molecule has 0 aromatic heterocycles. The quantitative estimate of drug-likeness (QED) is 0.845. The van der Waals surface area contributed by atoms with Crippen LogP contribution in [-0.4, -0.2) is 20.0 Å². The number of rotatable bonds is 3. The van der Waals surface area contributed by atoms with Crippen LogP contribution in [0.25, 0.3) is 0 Å². The van der Waals surface area contributed by atoms with E-state index < -0.39 is 0 Å². The van der Waals surface area contributed by atoms with Crippen molar-refractivity contribution < 1.29 is 14.3 Å². The molecule has 1 atom stereocenters. The third-order valence-electron chi connectivity index (χ3n) is 5.24. The predicted octanol–water partition coefficient (Wildman–Crippen LogP) is 3.66. The highest BCUT2D eigenvalue weighted by Gasteiger charge is 2.53. The number of ketones is 1. The van der Waals surface area contributed by atoms with E-state index in [4.69, 9.17) is 9.47 Å². The first-order chi connectivity index (χ1) is 9.29. The van der Waals surface area contributed by atoms with E-state index in [0.29, 0.717) is 12.2 Å². The molecule has 1 saturated carbocycles. The molecule has 1 aromatic rings. The van der Waals surface area contributed by atoms with Gasteiger partial charge < -0.3 is 9.47 Å². The Morgan fingerprint density at radius 2 is 1.65 bits per heavy atom. The molecule has 0 amide bonds. The molecule has 1 aliphatic rings. The predicted molar refractivity (Wildman–Crippen MR) is 79.7 cm³/mol. The third kappa shape index (κ3) is 1.83. The molecule has 0 unspecified atom stereocenters. The number of benzene rings is 1. The lowest BCUT2D eigenvalue weighted by atomic mass is 9.64. The minimum absolute atomic E-state index is 0.226. The Morgan fingerprint density at radius 1 is 1.05 bits per heavy atom. The highest BCUT2D eigenvalue weighted by molar-refractivity contribution is 5.89. The fourth-order valence-electron chi connectivity index (χ4n) is 3.32. The van der Waals surface area contributed by atoms with Gasteiger partial charge in [-0.2, -0.15) is 0 Å². The highest BCUT2D eigenvalue weighted by Crippen LogP contribution is 2.55. The van der Waals surface area contributed by atoms with E-state index in [1.54, 1.807) is 14.2 Å². The van der Waals surface area contributed by atoms with E-state index in [1.165, 1.54) is 0 Å². The van der Waals surface area contributed by atoms with Crippen LogP contribution >= 0.6 is 0 Å². The van der Waals surface area contributed by atoms with E-state index >= 15 is 0 Å². The van der Waals surface area contributed by atoms with E-state index in [-0.39, 0.29) is 10.8 Å². The largest absolute Gasteiger partial charge is 0.493 e.